The summed E-state index contributed by atoms with van der Waals surface area (Å²) in [5.41, 5.74) is 0.331. The van der Waals surface area contributed by atoms with Crippen molar-refractivity contribution in [1.82, 2.24) is 4.90 Å². The summed E-state index contributed by atoms with van der Waals surface area (Å²) < 4.78 is 17.5. The van der Waals surface area contributed by atoms with Crippen LogP contribution in [0.4, 0.5) is 10.1 Å². The summed E-state index contributed by atoms with van der Waals surface area (Å²) in [7, 11) is 1.30. The van der Waals surface area contributed by atoms with Crippen LogP contribution in [-0.2, 0) is 14.3 Å². The van der Waals surface area contributed by atoms with Crippen LogP contribution in [0.2, 0.25) is 5.02 Å². The maximum atomic E-state index is 12.9. The SMILES string of the molecule is CCCN(CC(=O)Nc1ccc(F)cc1Cl)CC(=O)OC. The van der Waals surface area contributed by atoms with Crippen LogP contribution in [0.5, 0.6) is 0 Å². The van der Waals surface area contributed by atoms with Gasteiger partial charge in [0.1, 0.15) is 5.82 Å². The molecule has 0 aliphatic heterocycles. The fourth-order valence-electron chi connectivity index (χ4n) is 1.76. The molecule has 7 heteroatoms. The van der Waals surface area contributed by atoms with E-state index in [2.05, 4.69) is 10.1 Å². The van der Waals surface area contributed by atoms with Crippen molar-refractivity contribution in [2.24, 2.45) is 0 Å². The number of ether oxygens (including phenoxy) is 1. The number of benzene rings is 1. The minimum Gasteiger partial charge on any atom is -0.468 e. The molecular formula is C14H18ClFN2O3. The molecule has 0 aliphatic carbocycles. The number of nitrogens with one attached hydrogen (secondary N) is 1. The van der Waals surface area contributed by atoms with Gasteiger partial charge in [0.25, 0.3) is 0 Å². The Morgan fingerprint density at radius 3 is 2.67 bits per heavy atom. The third kappa shape index (κ3) is 6.10. The number of anilines is 1. The summed E-state index contributed by atoms with van der Waals surface area (Å²) in [5, 5.41) is 2.71. The predicted molar refractivity (Wildman–Crippen MR) is 78.8 cm³/mol. The summed E-state index contributed by atoms with van der Waals surface area (Å²) in [4.78, 5) is 24.9. The molecule has 0 heterocycles. The molecule has 5 nitrogen and oxygen atoms in total. The molecule has 1 rings (SSSR count). The molecule has 0 saturated heterocycles. The summed E-state index contributed by atoms with van der Waals surface area (Å²) in [6.45, 7) is 2.59. The van der Waals surface area contributed by atoms with Crippen LogP contribution in [0, 0.1) is 5.82 Å². The van der Waals surface area contributed by atoms with E-state index in [1.807, 2.05) is 6.92 Å². The van der Waals surface area contributed by atoms with Crippen LogP contribution in [0.25, 0.3) is 0 Å². The van der Waals surface area contributed by atoms with Crippen molar-refractivity contribution in [3.63, 3.8) is 0 Å². The normalized spacial score (nSPS) is 10.5. The van der Waals surface area contributed by atoms with Crippen molar-refractivity contribution in [3.05, 3.63) is 29.0 Å². The second-order valence-electron chi connectivity index (χ2n) is 4.46. The Bertz CT molecular complexity index is 511. The van der Waals surface area contributed by atoms with Gasteiger partial charge in [-0.05, 0) is 31.2 Å². The Hall–Kier alpha value is -1.66. The van der Waals surface area contributed by atoms with Crippen LogP contribution < -0.4 is 5.32 Å². The summed E-state index contributed by atoms with van der Waals surface area (Å²) in [5.74, 6) is -1.21. The van der Waals surface area contributed by atoms with Crippen LogP contribution >= 0.6 is 11.6 Å². The van der Waals surface area contributed by atoms with Crippen LogP contribution in [0.3, 0.4) is 0 Å². The molecule has 0 bridgehead atoms. The van der Waals surface area contributed by atoms with Gasteiger partial charge in [-0.3, -0.25) is 14.5 Å². The molecule has 0 fully saturated rings. The number of nitrogens with zero attached hydrogens (tertiary/aromatic N) is 1. The number of halogens is 2. The number of carbonyl (C=O) groups is 2. The van der Waals surface area contributed by atoms with Crippen LogP contribution in [-0.4, -0.2) is 43.5 Å². The lowest BCUT2D eigenvalue weighted by Crippen LogP contribution is -2.37. The number of carbonyl (C=O) groups excluding carboxylic acids is 2. The van der Waals surface area contributed by atoms with E-state index in [9.17, 15) is 14.0 Å². The van der Waals surface area contributed by atoms with Gasteiger partial charge in [-0.1, -0.05) is 18.5 Å². The Morgan fingerprint density at radius 2 is 2.10 bits per heavy atom. The third-order valence-electron chi connectivity index (χ3n) is 2.69. The first kappa shape index (κ1) is 17.4. The Labute approximate surface area is 128 Å². The lowest BCUT2D eigenvalue weighted by atomic mass is 10.3. The maximum absolute atomic E-state index is 12.9. The lowest BCUT2D eigenvalue weighted by Gasteiger charge is -2.19. The molecule has 1 N–H and O–H groups in total. The first-order valence-corrected chi connectivity index (χ1v) is 6.88. The number of esters is 1. The Balaban J connectivity index is 2.62. The molecule has 1 amide bonds. The van der Waals surface area contributed by atoms with E-state index in [0.29, 0.717) is 12.2 Å². The van der Waals surface area contributed by atoms with Crippen molar-refractivity contribution in [2.75, 3.05) is 32.1 Å². The van der Waals surface area contributed by atoms with Gasteiger partial charge in [0.05, 0.1) is 30.9 Å². The number of amides is 1. The number of hydrogen-bond donors (Lipinski definition) is 1. The maximum Gasteiger partial charge on any atom is 0.319 e. The van der Waals surface area contributed by atoms with Gasteiger partial charge in [0, 0.05) is 0 Å². The molecule has 116 valence electrons. The quantitative estimate of drug-likeness (QED) is 0.784. The van der Waals surface area contributed by atoms with Gasteiger partial charge < -0.3 is 10.1 Å². The molecule has 0 atom stereocenters. The number of hydrogen-bond acceptors (Lipinski definition) is 4. The number of methoxy groups -OCH3 is 1. The largest absolute Gasteiger partial charge is 0.468 e. The first-order chi connectivity index (χ1) is 9.96. The molecule has 0 aromatic heterocycles. The topological polar surface area (TPSA) is 58.6 Å². The molecule has 0 aliphatic rings. The monoisotopic (exact) mass is 316 g/mol. The highest BCUT2D eigenvalue weighted by Crippen LogP contribution is 2.22. The minimum absolute atomic E-state index is 0.0244. The van der Waals surface area contributed by atoms with E-state index in [-0.39, 0.29) is 24.0 Å². The second-order valence-corrected chi connectivity index (χ2v) is 4.87. The van der Waals surface area contributed by atoms with Crippen LogP contribution in [0.15, 0.2) is 18.2 Å². The number of rotatable bonds is 7. The van der Waals surface area contributed by atoms with Crippen molar-refractivity contribution in [1.29, 1.82) is 0 Å². The molecular weight excluding hydrogens is 299 g/mol. The zero-order chi connectivity index (χ0) is 15.8. The average Bonchev–Trinajstić information content (AvgIpc) is 2.42. The third-order valence-corrected chi connectivity index (χ3v) is 3.01. The smallest absolute Gasteiger partial charge is 0.319 e. The van der Waals surface area contributed by atoms with Crippen molar-refractivity contribution in [3.8, 4) is 0 Å². The van der Waals surface area contributed by atoms with Gasteiger partial charge in [0.2, 0.25) is 5.91 Å². The zero-order valence-electron chi connectivity index (χ0n) is 12.0. The van der Waals surface area contributed by atoms with Crippen molar-refractivity contribution < 1.29 is 18.7 Å². The molecule has 0 radical (unpaired) electrons. The van der Waals surface area contributed by atoms with Crippen molar-refractivity contribution >= 4 is 29.2 Å². The summed E-state index contributed by atoms with van der Waals surface area (Å²) >= 11 is 5.84. The van der Waals surface area contributed by atoms with Gasteiger partial charge in [-0.25, -0.2) is 4.39 Å². The minimum atomic E-state index is -0.476. The van der Waals surface area contributed by atoms with Gasteiger partial charge in [0.15, 0.2) is 0 Å². The van der Waals surface area contributed by atoms with Crippen LogP contribution in [0.1, 0.15) is 13.3 Å². The van der Waals surface area contributed by atoms with Gasteiger partial charge in [-0.2, -0.15) is 0 Å². The van der Waals surface area contributed by atoms with Gasteiger partial charge in [-0.15, -0.1) is 0 Å². The molecule has 1 aromatic carbocycles. The Kier molecular flexibility index (Phi) is 7.11. The summed E-state index contributed by atoms with van der Waals surface area (Å²) in [6, 6.07) is 3.72. The molecule has 0 spiro atoms. The zero-order valence-corrected chi connectivity index (χ0v) is 12.7. The summed E-state index contributed by atoms with van der Waals surface area (Å²) in [6.07, 6.45) is 0.793. The second kappa shape index (κ2) is 8.59. The molecule has 21 heavy (non-hydrogen) atoms. The molecule has 0 unspecified atom stereocenters. The van der Waals surface area contributed by atoms with E-state index in [4.69, 9.17) is 11.6 Å². The predicted octanol–water partition coefficient (Wildman–Crippen LogP) is 2.30. The highest BCUT2D eigenvalue weighted by Gasteiger charge is 2.15. The average molecular weight is 317 g/mol. The van der Waals surface area contributed by atoms with E-state index in [1.165, 1.54) is 19.2 Å². The highest BCUT2D eigenvalue weighted by atomic mass is 35.5. The van der Waals surface area contributed by atoms with E-state index >= 15 is 0 Å². The fraction of sp³-hybridized carbons (Fsp3) is 0.429. The van der Waals surface area contributed by atoms with Gasteiger partial charge >= 0.3 is 5.97 Å². The van der Waals surface area contributed by atoms with E-state index in [0.717, 1.165) is 12.5 Å². The first-order valence-electron chi connectivity index (χ1n) is 6.50. The molecule has 0 saturated carbocycles. The Morgan fingerprint density at radius 1 is 1.38 bits per heavy atom. The highest BCUT2D eigenvalue weighted by molar-refractivity contribution is 6.33. The lowest BCUT2D eigenvalue weighted by molar-refractivity contribution is -0.142. The van der Waals surface area contributed by atoms with Crippen molar-refractivity contribution in [2.45, 2.75) is 13.3 Å². The fourth-order valence-corrected chi connectivity index (χ4v) is 1.98. The molecule has 1 aromatic rings. The van der Waals surface area contributed by atoms with E-state index < -0.39 is 11.8 Å². The standard InChI is InChI=1S/C14H18ClFN2O3/c1-3-6-18(9-14(20)21-2)8-13(19)17-12-5-4-10(16)7-11(12)15/h4-5,7H,3,6,8-9H2,1-2H3,(H,17,19). The van der Waals surface area contributed by atoms with E-state index in [1.54, 1.807) is 4.90 Å².